The van der Waals surface area contributed by atoms with Gasteiger partial charge in [0, 0.05) is 12.1 Å². The number of rotatable bonds is 4. The standard InChI is InChI=1S/C22H24O9/c1-10-19(25)20(26)21(27)22(29-10)30-13-7-14(23)18-15(24)9-16(31-17(18)8-13)11-3-5-12(28-2)6-4-11/h3-8,10,16,19-23,25-27H,9H2,1-2H3. The van der Waals surface area contributed by atoms with E-state index in [1.165, 1.54) is 19.1 Å². The molecule has 9 nitrogen and oxygen atoms in total. The van der Waals surface area contributed by atoms with E-state index in [1.807, 2.05) is 0 Å². The van der Waals surface area contributed by atoms with Crippen LogP contribution in [0.1, 0.15) is 35.4 Å². The lowest BCUT2D eigenvalue weighted by Crippen LogP contribution is -2.58. The lowest BCUT2D eigenvalue weighted by molar-refractivity contribution is -0.268. The highest BCUT2D eigenvalue weighted by Crippen LogP contribution is 2.42. The SMILES string of the molecule is COc1ccc(C2CC(=O)c3c(O)cc(OC4OC(C)C(O)C(O)C4O)cc3O2)cc1. The molecule has 0 saturated carbocycles. The van der Waals surface area contributed by atoms with Gasteiger partial charge in [0.1, 0.15) is 53.0 Å². The second-order valence-electron chi connectivity index (χ2n) is 7.62. The number of hydrogen-bond donors (Lipinski definition) is 4. The summed E-state index contributed by atoms with van der Waals surface area (Å²) in [5, 5.41) is 40.3. The van der Waals surface area contributed by atoms with Crippen LogP contribution in [0.15, 0.2) is 36.4 Å². The van der Waals surface area contributed by atoms with Gasteiger partial charge in [-0.1, -0.05) is 12.1 Å². The maximum atomic E-state index is 12.7. The third-order valence-electron chi connectivity index (χ3n) is 5.52. The molecule has 6 unspecified atom stereocenters. The van der Waals surface area contributed by atoms with E-state index in [-0.39, 0.29) is 35.0 Å². The molecule has 0 bridgehead atoms. The van der Waals surface area contributed by atoms with Crippen molar-refractivity contribution in [3.8, 4) is 23.0 Å². The molecule has 2 aromatic rings. The molecule has 2 aliphatic rings. The number of hydrogen-bond acceptors (Lipinski definition) is 9. The van der Waals surface area contributed by atoms with E-state index in [4.69, 9.17) is 18.9 Å². The lowest BCUT2D eigenvalue weighted by Gasteiger charge is -2.39. The van der Waals surface area contributed by atoms with Crippen molar-refractivity contribution in [1.29, 1.82) is 0 Å². The first kappa shape index (κ1) is 21.4. The Morgan fingerprint density at radius 1 is 1.00 bits per heavy atom. The fourth-order valence-corrected chi connectivity index (χ4v) is 3.73. The Labute approximate surface area is 178 Å². The minimum absolute atomic E-state index is 0.0473. The van der Waals surface area contributed by atoms with Crippen molar-refractivity contribution < 1.29 is 44.2 Å². The van der Waals surface area contributed by atoms with Gasteiger partial charge in [0.2, 0.25) is 6.29 Å². The van der Waals surface area contributed by atoms with Crippen molar-refractivity contribution in [3.63, 3.8) is 0 Å². The van der Waals surface area contributed by atoms with Crippen molar-refractivity contribution >= 4 is 5.78 Å². The number of phenols is 1. The summed E-state index contributed by atoms with van der Waals surface area (Å²) in [4.78, 5) is 12.7. The summed E-state index contributed by atoms with van der Waals surface area (Å²) in [6.07, 6.45) is -6.82. The molecule has 0 aromatic heterocycles. The van der Waals surface area contributed by atoms with E-state index in [0.29, 0.717) is 5.75 Å². The van der Waals surface area contributed by atoms with Gasteiger partial charge in [-0.05, 0) is 24.6 Å². The number of carbonyl (C=O) groups is 1. The number of fused-ring (bicyclic) bond motifs is 1. The number of ketones is 1. The van der Waals surface area contributed by atoms with Crippen molar-refractivity contribution in [2.45, 2.75) is 50.2 Å². The molecular weight excluding hydrogens is 408 g/mol. The quantitative estimate of drug-likeness (QED) is 0.564. The zero-order chi connectivity index (χ0) is 22.3. The van der Waals surface area contributed by atoms with Crippen LogP contribution in [0, 0.1) is 0 Å². The van der Waals surface area contributed by atoms with E-state index >= 15 is 0 Å². The molecule has 0 radical (unpaired) electrons. The first-order valence-corrected chi connectivity index (χ1v) is 9.85. The molecule has 31 heavy (non-hydrogen) atoms. The van der Waals surface area contributed by atoms with E-state index in [9.17, 15) is 25.2 Å². The summed E-state index contributed by atoms with van der Waals surface area (Å²) in [7, 11) is 1.56. The average molecular weight is 432 g/mol. The molecule has 4 N–H and O–H groups in total. The molecule has 4 rings (SSSR count). The monoisotopic (exact) mass is 432 g/mol. The van der Waals surface area contributed by atoms with E-state index in [0.717, 1.165) is 5.56 Å². The second kappa shape index (κ2) is 8.35. The number of aliphatic hydroxyl groups excluding tert-OH is 3. The smallest absolute Gasteiger partial charge is 0.229 e. The van der Waals surface area contributed by atoms with Crippen LogP contribution in [0.4, 0.5) is 0 Å². The second-order valence-corrected chi connectivity index (χ2v) is 7.62. The number of methoxy groups -OCH3 is 1. The Balaban J connectivity index is 1.58. The zero-order valence-electron chi connectivity index (χ0n) is 17.0. The molecule has 6 atom stereocenters. The lowest BCUT2D eigenvalue weighted by atomic mass is 9.95. The largest absolute Gasteiger partial charge is 0.507 e. The van der Waals surface area contributed by atoms with Gasteiger partial charge in [-0.15, -0.1) is 0 Å². The average Bonchev–Trinajstić information content (AvgIpc) is 2.75. The summed E-state index contributed by atoms with van der Waals surface area (Å²) in [6.45, 7) is 1.53. The van der Waals surface area contributed by atoms with Crippen molar-refractivity contribution in [2.75, 3.05) is 7.11 Å². The summed E-state index contributed by atoms with van der Waals surface area (Å²) in [6, 6.07) is 9.74. The third kappa shape index (κ3) is 4.05. The minimum Gasteiger partial charge on any atom is -0.507 e. The first-order chi connectivity index (χ1) is 14.8. The van der Waals surface area contributed by atoms with Crippen LogP contribution in [0.5, 0.6) is 23.0 Å². The fraction of sp³-hybridized carbons (Fsp3) is 0.409. The molecule has 0 spiro atoms. The Morgan fingerprint density at radius 3 is 2.39 bits per heavy atom. The Kier molecular flexibility index (Phi) is 5.76. The third-order valence-corrected chi connectivity index (χ3v) is 5.52. The van der Waals surface area contributed by atoms with Crippen LogP contribution in [0.2, 0.25) is 0 Å². The van der Waals surface area contributed by atoms with Gasteiger partial charge < -0.3 is 39.4 Å². The number of phenolic OH excluding ortho intramolecular Hbond substituents is 1. The van der Waals surface area contributed by atoms with Crippen LogP contribution in [0.3, 0.4) is 0 Å². The van der Waals surface area contributed by atoms with Gasteiger partial charge >= 0.3 is 0 Å². The minimum atomic E-state index is -1.51. The Hall–Kier alpha value is -2.85. The molecule has 9 heteroatoms. The van der Waals surface area contributed by atoms with Crippen LogP contribution >= 0.6 is 0 Å². The molecule has 2 aromatic carbocycles. The molecular formula is C22H24O9. The molecule has 0 amide bonds. The van der Waals surface area contributed by atoms with Crippen molar-refractivity contribution in [2.24, 2.45) is 0 Å². The summed E-state index contributed by atoms with van der Waals surface area (Å²) in [5.41, 5.74) is 0.814. The summed E-state index contributed by atoms with van der Waals surface area (Å²) >= 11 is 0. The number of benzene rings is 2. The van der Waals surface area contributed by atoms with Gasteiger partial charge in [0.25, 0.3) is 0 Å². The number of Topliss-reactive ketones (excluding diaryl/α,β-unsaturated/α-hetero) is 1. The summed E-state index contributed by atoms with van der Waals surface area (Å²) < 4.78 is 22.1. The predicted octanol–water partition coefficient (Wildman–Crippen LogP) is 1.31. The predicted molar refractivity (Wildman–Crippen MR) is 106 cm³/mol. The molecule has 2 aliphatic heterocycles. The van der Waals surface area contributed by atoms with Crippen LogP contribution in [-0.4, -0.2) is 64.0 Å². The van der Waals surface area contributed by atoms with Gasteiger partial charge in [0.15, 0.2) is 5.78 Å². The number of aliphatic hydroxyl groups is 3. The maximum absolute atomic E-state index is 12.7. The van der Waals surface area contributed by atoms with Crippen LogP contribution in [0.25, 0.3) is 0 Å². The number of aromatic hydroxyl groups is 1. The molecule has 2 heterocycles. The van der Waals surface area contributed by atoms with Crippen LogP contribution < -0.4 is 14.2 Å². The number of ether oxygens (including phenoxy) is 4. The van der Waals surface area contributed by atoms with E-state index in [1.54, 1.807) is 31.4 Å². The topological polar surface area (TPSA) is 135 Å². The van der Waals surface area contributed by atoms with E-state index < -0.39 is 36.8 Å². The van der Waals surface area contributed by atoms with Crippen molar-refractivity contribution in [1.82, 2.24) is 0 Å². The fourth-order valence-electron chi connectivity index (χ4n) is 3.73. The molecule has 166 valence electrons. The van der Waals surface area contributed by atoms with Gasteiger partial charge in [0.05, 0.1) is 19.6 Å². The summed E-state index contributed by atoms with van der Waals surface area (Å²) in [5.74, 6) is 0.259. The maximum Gasteiger partial charge on any atom is 0.229 e. The highest BCUT2D eigenvalue weighted by molar-refractivity contribution is 6.02. The van der Waals surface area contributed by atoms with Crippen LogP contribution in [-0.2, 0) is 4.74 Å². The Bertz CT molecular complexity index is 958. The van der Waals surface area contributed by atoms with Crippen molar-refractivity contribution in [3.05, 3.63) is 47.5 Å². The molecule has 1 fully saturated rings. The highest BCUT2D eigenvalue weighted by atomic mass is 16.7. The first-order valence-electron chi connectivity index (χ1n) is 9.85. The van der Waals surface area contributed by atoms with Gasteiger partial charge in [-0.3, -0.25) is 4.79 Å². The highest BCUT2D eigenvalue weighted by Gasteiger charge is 2.43. The molecule has 0 aliphatic carbocycles. The molecule has 1 saturated heterocycles. The van der Waals surface area contributed by atoms with Gasteiger partial charge in [-0.2, -0.15) is 0 Å². The zero-order valence-corrected chi connectivity index (χ0v) is 17.0. The van der Waals surface area contributed by atoms with Gasteiger partial charge in [-0.25, -0.2) is 0 Å². The Morgan fingerprint density at radius 2 is 1.71 bits per heavy atom. The normalized spacial score (nSPS) is 30.3. The van der Waals surface area contributed by atoms with E-state index in [2.05, 4.69) is 0 Å². The number of carbonyl (C=O) groups excluding carboxylic acids is 1.